The molecule has 0 saturated heterocycles. The van der Waals surface area contributed by atoms with Gasteiger partial charge in [0.2, 0.25) is 5.91 Å². The van der Waals surface area contributed by atoms with Crippen LogP contribution in [0.1, 0.15) is 16.1 Å². The number of amides is 2. The number of primary amides is 1. The normalized spacial score (nSPS) is 10.2. The molecule has 0 aliphatic rings. The molecule has 2 rings (SSSR count). The molecule has 4 N–H and O–H groups in total. The number of carbonyl (C=O) groups excluding carboxylic acids is 2. The highest BCUT2D eigenvalue weighted by Gasteiger charge is 2.14. The molecule has 104 valence electrons. The second-order valence-corrected chi connectivity index (χ2v) is 5.68. The lowest BCUT2D eigenvalue weighted by molar-refractivity contribution is -0.117. The first-order valence-electron chi connectivity index (χ1n) is 5.48. The molecule has 6 nitrogen and oxygen atoms in total. The lowest BCUT2D eigenvalue weighted by atomic mass is 10.2. The zero-order chi connectivity index (χ0) is 14.7. The maximum Gasteiger partial charge on any atom is 0.261 e. The van der Waals surface area contributed by atoms with Crippen LogP contribution in [0.4, 0.5) is 5.13 Å². The van der Waals surface area contributed by atoms with Crippen LogP contribution < -0.4 is 11.1 Å². The van der Waals surface area contributed by atoms with Crippen LogP contribution in [-0.4, -0.2) is 21.9 Å². The van der Waals surface area contributed by atoms with E-state index in [1.165, 1.54) is 23.5 Å². The smallest absolute Gasteiger partial charge is 0.261 e. The van der Waals surface area contributed by atoms with Crippen LogP contribution in [0.2, 0.25) is 0 Å². The van der Waals surface area contributed by atoms with Crippen LogP contribution in [0, 0.1) is 0 Å². The number of benzene rings is 1. The van der Waals surface area contributed by atoms with Gasteiger partial charge in [0.15, 0.2) is 5.13 Å². The van der Waals surface area contributed by atoms with Crippen molar-refractivity contribution < 1.29 is 14.7 Å². The monoisotopic (exact) mass is 355 g/mol. The van der Waals surface area contributed by atoms with E-state index in [1.54, 1.807) is 11.4 Å². The summed E-state index contributed by atoms with van der Waals surface area (Å²) in [6, 6.07) is 4.54. The average Bonchev–Trinajstić information content (AvgIpc) is 2.78. The van der Waals surface area contributed by atoms with E-state index in [2.05, 4.69) is 26.2 Å². The van der Waals surface area contributed by atoms with Gasteiger partial charge in [-0.15, -0.1) is 11.3 Å². The van der Waals surface area contributed by atoms with E-state index < -0.39 is 11.8 Å². The number of hydrogen-bond donors (Lipinski definition) is 3. The van der Waals surface area contributed by atoms with Crippen molar-refractivity contribution in [2.75, 3.05) is 5.32 Å². The number of nitrogens with two attached hydrogens (primary N) is 1. The molecule has 0 spiro atoms. The fourth-order valence-electron chi connectivity index (χ4n) is 1.48. The van der Waals surface area contributed by atoms with Crippen molar-refractivity contribution in [2.45, 2.75) is 6.42 Å². The topological polar surface area (TPSA) is 105 Å². The third-order valence-electron chi connectivity index (χ3n) is 2.33. The van der Waals surface area contributed by atoms with E-state index in [-0.39, 0.29) is 17.7 Å². The first kappa shape index (κ1) is 14.5. The molecule has 0 radical (unpaired) electrons. The highest BCUT2D eigenvalue weighted by molar-refractivity contribution is 9.10. The number of halogens is 1. The number of rotatable bonds is 4. The summed E-state index contributed by atoms with van der Waals surface area (Å²) in [6.07, 6.45) is 0.0223. The third-order valence-corrected chi connectivity index (χ3v) is 3.63. The Balaban J connectivity index is 2.13. The molecule has 2 amide bonds. The van der Waals surface area contributed by atoms with Gasteiger partial charge in [0.05, 0.1) is 17.7 Å². The Morgan fingerprint density at radius 3 is 2.90 bits per heavy atom. The molecule has 1 heterocycles. The fraction of sp³-hybridized carbons (Fsp3) is 0.0833. The summed E-state index contributed by atoms with van der Waals surface area (Å²) in [5, 5.41) is 14.2. The van der Waals surface area contributed by atoms with E-state index in [0.717, 1.165) is 0 Å². The molecule has 20 heavy (non-hydrogen) atoms. The van der Waals surface area contributed by atoms with Gasteiger partial charge in [0, 0.05) is 9.85 Å². The highest BCUT2D eigenvalue weighted by Crippen LogP contribution is 2.24. The molecular formula is C12H10BrN3O3S. The molecule has 0 atom stereocenters. The SMILES string of the molecule is NC(=O)Cc1csc(NC(=O)c2cc(Br)ccc2O)n1. The van der Waals surface area contributed by atoms with E-state index in [9.17, 15) is 14.7 Å². The molecule has 0 fully saturated rings. The zero-order valence-corrected chi connectivity index (χ0v) is 12.5. The number of thiazole rings is 1. The van der Waals surface area contributed by atoms with Gasteiger partial charge in [-0.05, 0) is 18.2 Å². The highest BCUT2D eigenvalue weighted by atomic mass is 79.9. The van der Waals surface area contributed by atoms with Crippen LogP contribution in [0.3, 0.4) is 0 Å². The van der Waals surface area contributed by atoms with Crippen LogP contribution in [0.5, 0.6) is 5.75 Å². The Kier molecular flexibility index (Phi) is 4.35. The van der Waals surface area contributed by atoms with Gasteiger partial charge in [-0.1, -0.05) is 15.9 Å². The van der Waals surface area contributed by atoms with Crippen molar-refractivity contribution in [3.63, 3.8) is 0 Å². The number of nitrogens with zero attached hydrogens (tertiary/aromatic N) is 1. The summed E-state index contributed by atoms with van der Waals surface area (Å²) < 4.78 is 0.675. The molecular weight excluding hydrogens is 346 g/mol. The summed E-state index contributed by atoms with van der Waals surface area (Å²) >= 11 is 4.41. The van der Waals surface area contributed by atoms with Crippen molar-refractivity contribution in [2.24, 2.45) is 5.73 Å². The molecule has 1 aromatic heterocycles. The second kappa shape index (κ2) is 6.02. The van der Waals surface area contributed by atoms with Gasteiger partial charge >= 0.3 is 0 Å². The molecule has 2 aromatic rings. The fourth-order valence-corrected chi connectivity index (χ4v) is 2.55. The van der Waals surface area contributed by atoms with Crippen molar-refractivity contribution in [1.82, 2.24) is 4.98 Å². The number of phenolic OH excluding ortho intramolecular Hbond substituents is 1. The second-order valence-electron chi connectivity index (χ2n) is 3.90. The van der Waals surface area contributed by atoms with E-state index >= 15 is 0 Å². The summed E-state index contributed by atoms with van der Waals surface area (Å²) in [6.45, 7) is 0. The predicted octanol–water partition coefficient (Wildman–Crippen LogP) is 1.89. The lowest BCUT2D eigenvalue weighted by Gasteiger charge is -2.04. The van der Waals surface area contributed by atoms with Crippen LogP contribution >= 0.6 is 27.3 Å². The maximum absolute atomic E-state index is 12.0. The Hall–Kier alpha value is -1.93. The number of aromatic hydroxyl groups is 1. The first-order valence-corrected chi connectivity index (χ1v) is 7.15. The Morgan fingerprint density at radius 1 is 1.45 bits per heavy atom. The summed E-state index contributed by atoms with van der Waals surface area (Å²) in [5.74, 6) is -1.10. The minimum atomic E-state index is -0.488. The van der Waals surface area contributed by atoms with Gasteiger partial charge in [0.25, 0.3) is 5.91 Å². The van der Waals surface area contributed by atoms with Crippen molar-refractivity contribution in [3.8, 4) is 5.75 Å². The Bertz CT molecular complexity index is 672. The number of hydrogen-bond acceptors (Lipinski definition) is 5. The first-order chi connectivity index (χ1) is 9.45. The molecule has 0 aliphatic carbocycles. The average molecular weight is 356 g/mol. The molecule has 1 aromatic carbocycles. The zero-order valence-electron chi connectivity index (χ0n) is 10.1. The Labute approximate surface area is 126 Å². The number of carbonyl (C=O) groups is 2. The minimum Gasteiger partial charge on any atom is -0.507 e. The summed E-state index contributed by atoms with van der Waals surface area (Å²) in [4.78, 5) is 26.8. The van der Waals surface area contributed by atoms with Crippen LogP contribution in [-0.2, 0) is 11.2 Å². The van der Waals surface area contributed by atoms with Gasteiger partial charge in [-0.2, -0.15) is 0 Å². The van der Waals surface area contributed by atoms with Gasteiger partial charge in [-0.25, -0.2) is 4.98 Å². The van der Waals surface area contributed by atoms with Gasteiger partial charge in [-0.3, -0.25) is 14.9 Å². The minimum absolute atomic E-state index is 0.0223. The van der Waals surface area contributed by atoms with E-state index in [4.69, 9.17) is 5.73 Å². The number of aromatic nitrogens is 1. The molecule has 0 saturated carbocycles. The standard InChI is InChI=1S/C12H10BrN3O3S/c13-6-1-2-9(17)8(3-6)11(19)16-12-15-7(5-20-12)4-10(14)18/h1-3,5,17H,4H2,(H2,14,18)(H,15,16,19). The van der Waals surface area contributed by atoms with Crippen molar-refractivity contribution in [3.05, 3.63) is 39.3 Å². The summed E-state index contributed by atoms with van der Waals surface area (Å²) in [5.41, 5.74) is 5.69. The largest absolute Gasteiger partial charge is 0.507 e. The van der Waals surface area contributed by atoms with Gasteiger partial charge < -0.3 is 10.8 Å². The third kappa shape index (κ3) is 3.55. The molecule has 0 bridgehead atoms. The molecule has 0 unspecified atom stereocenters. The Morgan fingerprint density at radius 2 is 2.20 bits per heavy atom. The van der Waals surface area contributed by atoms with Gasteiger partial charge in [0.1, 0.15) is 5.75 Å². The van der Waals surface area contributed by atoms with Crippen LogP contribution in [0.15, 0.2) is 28.1 Å². The molecule has 8 heteroatoms. The summed E-state index contributed by atoms with van der Waals surface area (Å²) in [7, 11) is 0. The molecule has 0 aliphatic heterocycles. The van der Waals surface area contributed by atoms with E-state index in [1.807, 2.05) is 0 Å². The predicted molar refractivity (Wildman–Crippen MR) is 78.8 cm³/mol. The maximum atomic E-state index is 12.0. The van der Waals surface area contributed by atoms with Crippen LogP contribution in [0.25, 0.3) is 0 Å². The van der Waals surface area contributed by atoms with Crippen molar-refractivity contribution in [1.29, 1.82) is 0 Å². The van der Waals surface area contributed by atoms with E-state index in [0.29, 0.717) is 15.3 Å². The number of phenols is 1. The number of anilines is 1. The van der Waals surface area contributed by atoms with Crippen molar-refractivity contribution >= 4 is 44.2 Å². The quantitative estimate of drug-likeness (QED) is 0.778. The lowest BCUT2D eigenvalue weighted by Crippen LogP contribution is -2.14. The number of nitrogens with one attached hydrogen (secondary N) is 1.